The SMILES string of the molecule is Cc1ccc(CN(CC2CC3(CCOCC3)C2)C(=O)CCl)cc1. The molecule has 1 aromatic rings. The van der Waals surface area contributed by atoms with Crippen molar-refractivity contribution in [1.82, 2.24) is 4.90 Å². The summed E-state index contributed by atoms with van der Waals surface area (Å²) in [6.07, 6.45) is 4.84. The summed E-state index contributed by atoms with van der Waals surface area (Å²) < 4.78 is 5.48. The van der Waals surface area contributed by atoms with Crippen molar-refractivity contribution in [2.75, 3.05) is 25.6 Å². The van der Waals surface area contributed by atoms with Gasteiger partial charge in [0.25, 0.3) is 0 Å². The minimum Gasteiger partial charge on any atom is -0.381 e. The van der Waals surface area contributed by atoms with Crippen molar-refractivity contribution < 1.29 is 9.53 Å². The van der Waals surface area contributed by atoms with Crippen molar-refractivity contribution in [3.05, 3.63) is 35.4 Å². The zero-order chi connectivity index (χ0) is 16.3. The number of hydrogen-bond acceptors (Lipinski definition) is 2. The van der Waals surface area contributed by atoms with Gasteiger partial charge in [-0.25, -0.2) is 0 Å². The van der Waals surface area contributed by atoms with E-state index < -0.39 is 0 Å². The number of carbonyl (C=O) groups is 1. The molecule has 2 fully saturated rings. The molecule has 1 heterocycles. The Morgan fingerprint density at radius 1 is 1.26 bits per heavy atom. The first-order valence-corrected chi connectivity index (χ1v) is 9.11. The second kappa shape index (κ2) is 7.23. The fraction of sp³-hybridized carbons (Fsp3) is 0.632. The average Bonchev–Trinajstić information content (AvgIpc) is 2.55. The van der Waals surface area contributed by atoms with Crippen LogP contribution in [-0.2, 0) is 16.1 Å². The number of benzene rings is 1. The monoisotopic (exact) mass is 335 g/mol. The minimum atomic E-state index is 0.0418. The molecule has 2 aliphatic rings. The van der Waals surface area contributed by atoms with E-state index in [1.54, 1.807) is 0 Å². The van der Waals surface area contributed by atoms with E-state index in [0.29, 0.717) is 17.9 Å². The molecule has 1 spiro atoms. The third-order valence-corrected chi connectivity index (χ3v) is 5.67. The molecule has 0 N–H and O–H groups in total. The largest absolute Gasteiger partial charge is 0.381 e. The summed E-state index contributed by atoms with van der Waals surface area (Å²) in [6.45, 7) is 5.38. The van der Waals surface area contributed by atoms with Crippen LogP contribution in [0.15, 0.2) is 24.3 Å². The number of rotatable bonds is 5. The lowest BCUT2D eigenvalue weighted by atomic mass is 9.58. The molecule has 23 heavy (non-hydrogen) atoms. The van der Waals surface area contributed by atoms with Gasteiger partial charge in [-0.1, -0.05) is 29.8 Å². The number of amides is 1. The van der Waals surface area contributed by atoms with Crippen molar-refractivity contribution >= 4 is 17.5 Å². The van der Waals surface area contributed by atoms with Crippen molar-refractivity contribution in [3.63, 3.8) is 0 Å². The zero-order valence-electron chi connectivity index (χ0n) is 13.9. The summed E-state index contributed by atoms with van der Waals surface area (Å²) in [5.74, 6) is 0.725. The van der Waals surface area contributed by atoms with Crippen LogP contribution in [0.25, 0.3) is 0 Å². The molecule has 0 bridgehead atoms. The Labute approximate surface area is 144 Å². The Morgan fingerprint density at radius 3 is 2.52 bits per heavy atom. The van der Waals surface area contributed by atoms with Gasteiger partial charge in [0.2, 0.25) is 5.91 Å². The molecule has 3 nitrogen and oxygen atoms in total. The molecule has 4 heteroatoms. The molecule has 1 aromatic carbocycles. The van der Waals surface area contributed by atoms with Gasteiger partial charge >= 0.3 is 0 Å². The lowest BCUT2D eigenvalue weighted by Crippen LogP contribution is -2.47. The Morgan fingerprint density at radius 2 is 1.91 bits per heavy atom. The fourth-order valence-electron chi connectivity index (χ4n) is 4.07. The van der Waals surface area contributed by atoms with Crippen LogP contribution in [-0.4, -0.2) is 36.4 Å². The number of nitrogens with zero attached hydrogens (tertiary/aromatic N) is 1. The Balaban J connectivity index is 1.57. The van der Waals surface area contributed by atoms with E-state index in [-0.39, 0.29) is 11.8 Å². The third-order valence-electron chi connectivity index (χ3n) is 5.44. The van der Waals surface area contributed by atoms with Gasteiger partial charge in [-0.3, -0.25) is 4.79 Å². The van der Waals surface area contributed by atoms with Crippen LogP contribution in [0, 0.1) is 18.3 Å². The molecule has 3 rings (SSSR count). The highest BCUT2D eigenvalue weighted by atomic mass is 35.5. The summed E-state index contributed by atoms with van der Waals surface area (Å²) in [5, 5.41) is 0. The second-order valence-electron chi connectivity index (χ2n) is 7.28. The molecule has 1 aliphatic carbocycles. The van der Waals surface area contributed by atoms with E-state index in [0.717, 1.165) is 19.8 Å². The molecule has 126 valence electrons. The first-order valence-electron chi connectivity index (χ1n) is 8.57. The summed E-state index contributed by atoms with van der Waals surface area (Å²) >= 11 is 5.82. The maximum Gasteiger partial charge on any atom is 0.237 e. The number of carbonyl (C=O) groups excluding carboxylic acids is 1. The number of ether oxygens (including phenoxy) is 1. The molecular weight excluding hydrogens is 310 g/mol. The molecule has 0 atom stereocenters. The maximum absolute atomic E-state index is 12.2. The van der Waals surface area contributed by atoms with Gasteiger partial charge < -0.3 is 9.64 Å². The van der Waals surface area contributed by atoms with Gasteiger partial charge in [-0.2, -0.15) is 0 Å². The van der Waals surface area contributed by atoms with Gasteiger partial charge in [0.1, 0.15) is 5.88 Å². The topological polar surface area (TPSA) is 29.5 Å². The summed E-state index contributed by atoms with van der Waals surface area (Å²) in [5.41, 5.74) is 2.92. The lowest BCUT2D eigenvalue weighted by Gasteiger charge is -2.51. The Hall–Kier alpha value is -1.06. The van der Waals surface area contributed by atoms with E-state index in [1.165, 1.54) is 36.8 Å². The van der Waals surface area contributed by atoms with Crippen LogP contribution in [0.5, 0.6) is 0 Å². The van der Waals surface area contributed by atoms with Crippen LogP contribution in [0.2, 0.25) is 0 Å². The van der Waals surface area contributed by atoms with Crippen LogP contribution < -0.4 is 0 Å². The van der Waals surface area contributed by atoms with Gasteiger partial charge in [0.15, 0.2) is 0 Å². The number of hydrogen-bond donors (Lipinski definition) is 0. The lowest BCUT2D eigenvalue weighted by molar-refractivity contribution is -0.132. The average molecular weight is 336 g/mol. The molecular formula is C19H26ClNO2. The molecule has 1 aliphatic heterocycles. The Bertz CT molecular complexity index is 529. The molecule has 1 amide bonds. The Kier molecular flexibility index (Phi) is 5.27. The highest BCUT2D eigenvalue weighted by Gasteiger charge is 2.45. The van der Waals surface area contributed by atoms with E-state index in [9.17, 15) is 4.79 Å². The highest BCUT2D eigenvalue weighted by molar-refractivity contribution is 6.27. The third kappa shape index (κ3) is 4.07. The van der Waals surface area contributed by atoms with Crippen LogP contribution in [0.4, 0.5) is 0 Å². The van der Waals surface area contributed by atoms with E-state index >= 15 is 0 Å². The fourth-order valence-corrected chi connectivity index (χ4v) is 4.24. The molecule has 0 aromatic heterocycles. The van der Waals surface area contributed by atoms with Crippen LogP contribution in [0.1, 0.15) is 36.8 Å². The maximum atomic E-state index is 12.2. The molecule has 1 saturated carbocycles. The van der Waals surface area contributed by atoms with Crippen LogP contribution >= 0.6 is 11.6 Å². The van der Waals surface area contributed by atoms with Gasteiger partial charge in [-0.15, -0.1) is 11.6 Å². The quantitative estimate of drug-likeness (QED) is 0.767. The second-order valence-corrected chi connectivity index (χ2v) is 7.55. The number of halogens is 1. The zero-order valence-corrected chi connectivity index (χ0v) is 14.6. The number of aryl methyl sites for hydroxylation is 1. The van der Waals surface area contributed by atoms with E-state index in [4.69, 9.17) is 16.3 Å². The van der Waals surface area contributed by atoms with Crippen molar-refractivity contribution in [2.45, 2.75) is 39.2 Å². The minimum absolute atomic E-state index is 0.0418. The van der Waals surface area contributed by atoms with E-state index in [2.05, 4.69) is 31.2 Å². The summed E-state index contributed by atoms with van der Waals surface area (Å²) in [7, 11) is 0. The molecule has 0 radical (unpaired) electrons. The number of alkyl halides is 1. The van der Waals surface area contributed by atoms with E-state index in [1.807, 2.05) is 4.90 Å². The van der Waals surface area contributed by atoms with Crippen molar-refractivity contribution in [1.29, 1.82) is 0 Å². The van der Waals surface area contributed by atoms with Gasteiger partial charge in [0, 0.05) is 26.3 Å². The smallest absolute Gasteiger partial charge is 0.237 e. The van der Waals surface area contributed by atoms with Gasteiger partial charge in [-0.05, 0) is 49.5 Å². The predicted molar refractivity (Wildman–Crippen MR) is 92.5 cm³/mol. The highest BCUT2D eigenvalue weighted by Crippen LogP contribution is 2.52. The van der Waals surface area contributed by atoms with Crippen LogP contribution in [0.3, 0.4) is 0 Å². The van der Waals surface area contributed by atoms with Crippen molar-refractivity contribution in [2.24, 2.45) is 11.3 Å². The summed E-state index contributed by atoms with van der Waals surface area (Å²) in [4.78, 5) is 14.1. The molecule has 1 saturated heterocycles. The first kappa shape index (κ1) is 16.8. The van der Waals surface area contributed by atoms with Gasteiger partial charge in [0.05, 0.1) is 0 Å². The molecule has 0 unspecified atom stereocenters. The predicted octanol–water partition coefficient (Wildman–Crippen LogP) is 3.77. The van der Waals surface area contributed by atoms with Crippen molar-refractivity contribution in [3.8, 4) is 0 Å². The first-order chi connectivity index (χ1) is 11.1. The standard InChI is InChI=1S/C19H26ClNO2/c1-15-2-4-16(5-3-15)13-21(18(22)12-20)14-17-10-19(11-17)6-8-23-9-7-19/h2-5,17H,6-14H2,1H3. The normalized spacial score (nSPS) is 20.3. The summed E-state index contributed by atoms with van der Waals surface area (Å²) in [6, 6.07) is 8.40.